The predicted octanol–water partition coefficient (Wildman–Crippen LogP) is 2.48. The molecule has 1 aromatic rings. The number of rotatable bonds is 3. The quantitative estimate of drug-likeness (QED) is 0.837. The van der Waals surface area contributed by atoms with Gasteiger partial charge in [-0.2, -0.15) is 0 Å². The normalized spacial score (nSPS) is 14.0. The van der Waals surface area contributed by atoms with Crippen molar-refractivity contribution in [2.75, 3.05) is 7.05 Å². The highest BCUT2D eigenvalue weighted by molar-refractivity contribution is 6.30. The molecule has 2 nitrogen and oxygen atoms in total. The second-order valence-corrected chi connectivity index (χ2v) is 4.65. The molecule has 1 unspecified atom stereocenters. The number of nitrogens with one attached hydrogen (secondary N) is 1. The molecule has 1 atom stereocenters. The Kier molecular flexibility index (Phi) is 3.71. The first-order chi connectivity index (χ1) is 6.86. The summed E-state index contributed by atoms with van der Waals surface area (Å²) < 4.78 is 13.6. The van der Waals surface area contributed by atoms with E-state index in [1.165, 1.54) is 12.1 Å². The fourth-order valence-electron chi connectivity index (χ4n) is 1.66. The van der Waals surface area contributed by atoms with E-state index in [0.29, 0.717) is 10.6 Å². The second-order valence-electron chi connectivity index (χ2n) is 4.21. The van der Waals surface area contributed by atoms with E-state index in [0.717, 1.165) is 0 Å². The average molecular weight is 231 g/mol. The van der Waals surface area contributed by atoms with Crippen molar-refractivity contribution in [3.8, 4) is 0 Å². The van der Waals surface area contributed by atoms with Crippen LogP contribution in [0.3, 0.4) is 0 Å². The third kappa shape index (κ3) is 2.91. The summed E-state index contributed by atoms with van der Waals surface area (Å²) in [5, 5.41) is 3.51. The molecule has 1 rings (SSSR count). The maximum absolute atomic E-state index is 13.6. The van der Waals surface area contributed by atoms with Crippen LogP contribution in [0.4, 0.5) is 4.39 Å². The van der Waals surface area contributed by atoms with E-state index < -0.39 is 5.54 Å². The molecule has 0 saturated carbocycles. The maximum atomic E-state index is 13.6. The van der Waals surface area contributed by atoms with Crippen LogP contribution in [-0.2, 0) is 0 Å². The molecule has 0 aromatic heterocycles. The lowest BCUT2D eigenvalue weighted by atomic mass is 9.89. The highest BCUT2D eigenvalue weighted by Gasteiger charge is 2.27. The predicted molar refractivity (Wildman–Crippen MR) is 61.5 cm³/mol. The van der Waals surface area contributed by atoms with E-state index in [2.05, 4.69) is 5.32 Å². The minimum atomic E-state index is -0.555. The molecular weight excluding hydrogens is 215 g/mol. The summed E-state index contributed by atoms with van der Waals surface area (Å²) in [4.78, 5) is 0. The minimum absolute atomic E-state index is 0.267. The minimum Gasteiger partial charge on any atom is -0.324 e. The Morgan fingerprint density at radius 3 is 2.53 bits per heavy atom. The largest absolute Gasteiger partial charge is 0.324 e. The molecule has 3 N–H and O–H groups in total. The van der Waals surface area contributed by atoms with Crippen LogP contribution in [0, 0.1) is 5.82 Å². The topological polar surface area (TPSA) is 38.0 Å². The standard InChI is InChI=1S/C11H16ClFN2/c1-11(2,14)10(15-3)8-6-7(12)4-5-9(8)13/h4-6,10,15H,14H2,1-3H3. The van der Waals surface area contributed by atoms with Gasteiger partial charge in [0.05, 0.1) is 6.04 Å². The Balaban J connectivity index is 3.18. The molecule has 0 aliphatic rings. The molecule has 15 heavy (non-hydrogen) atoms. The second kappa shape index (κ2) is 4.47. The summed E-state index contributed by atoms with van der Waals surface area (Å²) >= 11 is 5.83. The van der Waals surface area contributed by atoms with Gasteiger partial charge < -0.3 is 11.1 Å². The third-order valence-corrected chi connectivity index (χ3v) is 2.54. The first-order valence-electron chi connectivity index (χ1n) is 4.77. The number of hydrogen-bond acceptors (Lipinski definition) is 2. The molecule has 0 heterocycles. The molecule has 84 valence electrons. The van der Waals surface area contributed by atoms with Crippen LogP contribution in [0.25, 0.3) is 0 Å². The summed E-state index contributed by atoms with van der Waals surface area (Å²) in [6, 6.07) is 4.22. The Labute approximate surface area is 94.6 Å². The highest BCUT2D eigenvalue weighted by atomic mass is 35.5. The monoisotopic (exact) mass is 230 g/mol. The number of benzene rings is 1. The third-order valence-electron chi connectivity index (χ3n) is 2.30. The van der Waals surface area contributed by atoms with Gasteiger partial charge in [-0.15, -0.1) is 0 Å². The van der Waals surface area contributed by atoms with Crippen molar-refractivity contribution in [3.63, 3.8) is 0 Å². The highest BCUT2D eigenvalue weighted by Crippen LogP contribution is 2.27. The zero-order valence-corrected chi connectivity index (χ0v) is 9.90. The zero-order chi connectivity index (χ0) is 11.6. The Hall–Kier alpha value is -0.640. The lowest BCUT2D eigenvalue weighted by Crippen LogP contribution is -2.45. The van der Waals surface area contributed by atoms with E-state index in [1.807, 2.05) is 13.8 Å². The number of likely N-dealkylation sites (N-methyl/N-ethyl adjacent to an activating group) is 1. The van der Waals surface area contributed by atoms with E-state index >= 15 is 0 Å². The van der Waals surface area contributed by atoms with Gasteiger partial charge in [-0.1, -0.05) is 11.6 Å². The van der Waals surface area contributed by atoms with Gasteiger partial charge in [0, 0.05) is 16.1 Å². The Bertz CT molecular complexity index is 347. The summed E-state index contributed by atoms with van der Waals surface area (Å²) in [5.74, 6) is -0.294. The smallest absolute Gasteiger partial charge is 0.128 e. The van der Waals surface area contributed by atoms with Crippen molar-refractivity contribution in [2.45, 2.75) is 25.4 Å². The average Bonchev–Trinajstić information content (AvgIpc) is 2.10. The molecule has 0 radical (unpaired) electrons. The molecule has 0 spiro atoms. The molecule has 0 fully saturated rings. The molecule has 0 aliphatic carbocycles. The van der Waals surface area contributed by atoms with E-state index in [1.54, 1.807) is 13.1 Å². The van der Waals surface area contributed by atoms with Crippen molar-refractivity contribution in [3.05, 3.63) is 34.6 Å². The molecule has 0 bridgehead atoms. The van der Waals surface area contributed by atoms with Crippen LogP contribution in [-0.4, -0.2) is 12.6 Å². The summed E-state index contributed by atoms with van der Waals surface area (Å²) in [6.45, 7) is 3.68. The number of hydrogen-bond donors (Lipinski definition) is 2. The van der Waals surface area contributed by atoms with Crippen LogP contribution in [0.2, 0.25) is 5.02 Å². The van der Waals surface area contributed by atoms with Crippen molar-refractivity contribution >= 4 is 11.6 Å². The van der Waals surface area contributed by atoms with Crippen LogP contribution in [0.15, 0.2) is 18.2 Å². The molecular formula is C11H16ClFN2. The first kappa shape index (κ1) is 12.4. The van der Waals surface area contributed by atoms with Gasteiger partial charge in [0.1, 0.15) is 5.82 Å². The van der Waals surface area contributed by atoms with Crippen LogP contribution >= 0.6 is 11.6 Å². The van der Waals surface area contributed by atoms with Gasteiger partial charge >= 0.3 is 0 Å². The zero-order valence-electron chi connectivity index (χ0n) is 9.14. The molecule has 0 saturated heterocycles. The summed E-state index contributed by atoms with van der Waals surface area (Å²) in [7, 11) is 1.75. The van der Waals surface area contributed by atoms with Gasteiger partial charge in [-0.3, -0.25) is 0 Å². The van der Waals surface area contributed by atoms with Crippen LogP contribution in [0.5, 0.6) is 0 Å². The SMILES string of the molecule is CNC(c1cc(Cl)ccc1F)C(C)(C)N. The van der Waals surface area contributed by atoms with Crippen molar-refractivity contribution in [1.82, 2.24) is 5.32 Å². The van der Waals surface area contributed by atoms with E-state index in [4.69, 9.17) is 17.3 Å². The fourth-order valence-corrected chi connectivity index (χ4v) is 1.84. The van der Waals surface area contributed by atoms with Crippen LogP contribution in [0.1, 0.15) is 25.5 Å². The number of halogens is 2. The summed E-state index contributed by atoms with van der Waals surface area (Å²) in [5.41, 5.74) is 5.91. The molecule has 0 amide bonds. The van der Waals surface area contributed by atoms with E-state index in [-0.39, 0.29) is 11.9 Å². The van der Waals surface area contributed by atoms with Gasteiger partial charge in [0.25, 0.3) is 0 Å². The first-order valence-corrected chi connectivity index (χ1v) is 5.15. The lowest BCUT2D eigenvalue weighted by molar-refractivity contribution is 0.359. The van der Waals surface area contributed by atoms with Crippen molar-refractivity contribution in [1.29, 1.82) is 0 Å². The van der Waals surface area contributed by atoms with Gasteiger partial charge in [-0.25, -0.2) is 4.39 Å². The lowest BCUT2D eigenvalue weighted by Gasteiger charge is -2.31. The molecule has 4 heteroatoms. The van der Waals surface area contributed by atoms with Gasteiger partial charge in [0.2, 0.25) is 0 Å². The van der Waals surface area contributed by atoms with E-state index in [9.17, 15) is 4.39 Å². The molecule has 1 aromatic carbocycles. The number of nitrogens with two attached hydrogens (primary N) is 1. The van der Waals surface area contributed by atoms with Gasteiger partial charge in [0.15, 0.2) is 0 Å². The van der Waals surface area contributed by atoms with Gasteiger partial charge in [-0.05, 0) is 39.1 Å². The Morgan fingerprint density at radius 1 is 1.47 bits per heavy atom. The van der Waals surface area contributed by atoms with Crippen molar-refractivity contribution in [2.24, 2.45) is 5.73 Å². The maximum Gasteiger partial charge on any atom is 0.128 e. The van der Waals surface area contributed by atoms with Crippen molar-refractivity contribution < 1.29 is 4.39 Å². The van der Waals surface area contributed by atoms with Crippen LogP contribution < -0.4 is 11.1 Å². The summed E-state index contributed by atoms with van der Waals surface area (Å²) in [6.07, 6.45) is 0. The fraction of sp³-hybridized carbons (Fsp3) is 0.455. The molecule has 0 aliphatic heterocycles. The Morgan fingerprint density at radius 2 is 2.07 bits per heavy atom.